The smallest absolute Gasteiger partial charge is 0.220 e. The highest BCUT2D eigenvalue weighted by atomic mass is 35.5. The minimum absolute atomic E-state index is 0.0527. The molecule has 1 fully saturated rings. The molecular weight excluding hydrogens is 323 g/mol. The summed E-state index contributed by atoms with van der Waals surface area (Å²) in [4.78, 5) is 18.2. The van der Waals surface area contributed by atoms with E-state index in [0.29, 0.717) is 15.9 Å². The van der Waals surface area contributed by atoms with Gasteiger partial charge in [0.15, 0.2) is 5.82 Å². The summed E-state index contributed by atoms with van der Waals surface area (Å²) in [5.41, 5.74) is 0.720. The second-order valence-electron chi connectivity index (χ2n) is 5.40. The van der Waals surface area contributed by atoms with Gasteiger partial charge >= 0.3 is 0 Å². The minimum Gasteiger partial charge on any atom is -0.333 e. The van der Waals surface area contributed by atoms with Gasteiger partial charge in [-0.2, -0.15) is 5.10 Å². The van der Waals surface area contributed by atoms with Gasteiger partial charge < -0.3 is 4.90 Å². The molecule has 1 aliphatic rings. The minimum atomic E-state index is -0.0644. The van der Waals surface area contributed by atoms with E-state index in [2.05, 4.69) is 10.1 Å². The van der Waals surface area contributed by atoms with Gasteiger partial charge in [-0.15, -0.1) is 0 Å². The SMILES string of the molecule is CC(=O)N1CCCC1c1nc(C)nn1-c1ccc(Cl)cc1Cl. The fourth-order valence-corrected chi connectivity index (χ4v) is 3.38. The van der Waals surface area contributed by atoms with Crippen LogP contribution in [0.4, 0.5) is 0 Å². The summed E-state index contributed by atoms with van der Waals surface area (Å²) in [5.74, 6) is 1.45. The number of rotatable bonds is 2. The normalized spacial score (nSPS) is 18.0. The topological polar surface area (TPSA) is 51.0 Å². The van der Waals surface area contributed by atoms with Crippen molar-refractivity contribution in [1.29, 1.82) is 0 Å². The van der Waals surface area contributed by atoms with E-state index >= 15 is 0 Å². The van der Waals surface area contributed by atoms with E-state index < -0.39 is 0 Å². The van der Waals surface area contributed by atoms with Gasteiger partial charge in [-0.05, 0) is 38.0 Å². The molecule has 1 atom stereocenters. The van der Waals surface area contributed by atoms with E-state index in [1.165, 1.54) is 0 Å². The molecule has 0 spiro atoms. The lowest BCUT2D eigenvalue weighted by Gasteiger charge is -2.23. The third-order valence-electron chi connectivity index (χ3n) is 3.83. The maximum Gasteiger partial charge on any atom is 0.220 e. The van der Waals surface area contributed by atoms with Gasteiger partial charge in [-0.1, -0.05) is 23.2 Å². The molecule has 0 aliphatic carbocycles. The van der Waals surface area contributed by atoms with Crippen molar-refractivity contribution in [2.45, 2.75) is 32.7 Å². The molecule has 1 aromatic heterocycles. The quantitative estimate of drug-likeness (QED) is 0.841. The number of aromatic nitrogens is 3. The van der Waals surface area contributed by atoms with E-state index in [9.17, 15) is 4.79 Å². The Morgan fingerprint density at radius 3 is 2.82 bits per heavy atom. The molecule has 1 aliphatic heterocycles. The zero-order valence-electron chi connectivity index (χ0n) is 12.4. The fourth-order valence-electron chi connectivity index (χ4n) is 2.89. The second kappa shape index (κ2) is 5.89. The molecule has 1 aromatic carbocycles. The van der Waals surface area contributed by atoms with Crippen LogP contribution in [0.5, 0.6) is 0 Å². The molecule has 3 rings (SSSR count). The molecule has 2 heterocycles. The van der Waals surface area contributed by atoms with Crippen molar-refractivity contribution in [3.63, 3.8) is 0 Å². The summed E-state index contributed by atoms with van der Waals surface area (Å²) in [6.07, 6.45) is 1.84. The van der Waals surface area contributed by atoms with Crippen LogP contribution in [0.1, 0.15) is 37.5 Å². The van der Waals surface area contributed by atoms with Crippen LogP contribution in [0.15, 0.2) is 18.2 Å². The Kier molecular flexibility index (Phi) is 4.10. The van der Waals surface area contributed by atoms with Gasteiger partial charge in [-0.3, -0.25) is 4.79 Å². The van der Waals surface area contributed by atoms with Crippen molar-refractivity contribution in [2.75, 3.05) is 6.54 Å². The lowest BCUT2D eigenvalue weighted by atomic mass is 10.2. The van der Waals surface area contributed by atoms with Crippen LogP contribution in [0, 0.1) is 6.92 Å². The third-order valence-corrected chi connectivity index (χ3v) is 4.37. The van der Waals surface area contributed by atoms with Crippen molar-refractivity contribution < 1.29 is 4.79 Å². The van der Waals surface area contributed by atoms with Gasteiger partial charge in [-0.25, -0.2) is 9.67 Å². The van der Waals surface area contributed by atoms with E-state index in [1.807, 2.05) is 17.9 Å². The molecule has 0 bridgehead atoms. The molecule has 0 N–H and O–H groups in total. The number of aryl methyl sites for hydroxylation is 1. The predicted octanol–water partition coefficient (Wildman–Crippen LogP) is 3.57. The lowest BCUT2D eigenvalue weighted by Crippen LogP contribution is -2.29. The maximum atomic E-state index is 11.8. The number of hydrogen-bond acceptors (Lipinski definition) is 3. The number of carbonyl (C=O) groups is 1. The van der Waals surface area contributed by atoms with Crippen LogP contribution < -0.4 is 0 Å². The summed E-state index contributed by atoms with van der Waals surface area (Å²) in [6, 6.07) is 5.19. The molecule has 22 heavy (non-hydrogen) atoms. The standard InChI is InChI=1S/C15H16Cl2N4O/c1-9-18-15(14-4-3-7-20(14)10(2)22)21(19-9)13-6-5-11(16)8-12(13)17/h5-6,8,14H,3-4,7H2,1-2H3. The molecular formula is C15H16Cl2N4O. The van der Waals surface area contributed by atoms with Crippen molar-refractivity contribution in [2.24, 2.45) is 0 Å². The van der Waals surface area contributed by atoms with Crippen molar-refractivity contribution in [3.05, 3.63) is 39.9 Å². The molecule has 116 valence electrons. The lowest BCUT2D eigenvalue weighted by molar-refractivity contribution is -0.129. The highest BCUT2D eigenvalue weighted by Crippen LogP contribution is 2.33. The number of benzene rings is 1. The summed E-state index contributed by atoms with van der Waals surface area (Å²) in [5, 5.41) is 5.52. The highest BCUT2D eigenvalue weighted by Gasteiger charge is 2.32. The van der Waals surface area contributed by atoms with E-state index in [0.717, 1.165) is 30.9 Å². The predicted molar refractivity (Wildman–Crippen MR) is 85.5 cm³/mol. The Morgan fingerprint density at radius 1 is 1.36 bits per heavy atom. The van der Waals surface area contributed by atoms with Crippen molar-refractivity contribution >= 4 is 29.1 Å². The summed E-state index contributed by atoms with van der Waals surface area (Å²) in [7, 11) is 0. The summed E-state index contributed by atoms with van der Waals surface area (Å²) >= 11 is 12.3. The Morgan fingerprint density at radius 2 is 2.14 bits per heavy atom. The maximum absolute atomic E-state index is 11.8. The number of nitrogens with zero attached hydrogens (tertiary/aromatic N) is 4. The third kappa shape index (κ3) is 2.71. The first-order valence-corrected chi connectivity index (χ1v) is 7.89. The van der Waals surface area contributed by atoms with E-state index in [4.69, 9.17) is 23.2 Å². The number of likely N-dealkylation sites (tertiary alicyclic amines) is 1. The van der Waals surface area contributed by atoms with E-state index in [-0.39, 0.29) is 11.9 Å². The second-order valence-corrected chi connectivity index (χ2v) is 6.24. The van der Waals surface area contributed by atoms with Gasteiger partial charge in [0.1, 0.15) is 5.82 Å². The first-order valence-electron chi connectivity index (χ1n) is 7.13. The van der Waals surface area contributed by atoms with Gasteiger partial charge in [0, 0.05) is 18.5 Å². The number of amides is 1. The van der Waals surface area contributed by atoms with Gasteiger partial charge in [0.2, 0.25) is 5.91 Å². The summed E-state index contributed by atoms with van der Waals surface area (Å²) < 4.78 is 1.72. The van der Waals surface area contributed by atoms with Gasteiger partial charge in [0.25, 0.3) is 0 Å². The Labute approximate surface area is 138 Å². The van der Waals surface area contributed by atoms with Crippen LogP contribution in [0.3, 0.4) is 0 Å². The van der Waals surface area contributed by atoms with Crippen LogP contribution in [-0.2, 0) is 4.79 Å². The van der Waals surface area contributed by atoms with Crippen LogP contribution in [0.25, 0.3) is 5.69 Å². The average molecular weight is 339 g/mol. The van der Waals surface area contributed by atoms with Crippen LogP contribution >= 0.6 is 23.2 Å². The molecule has 0 saturated carbocycles. The first-order chi connectivity index (χ1) is 10.5. The highest BCUT2D eigenvalue weighted by molar-refractivity contribution is 6.35. The van der Waals surface area contributed by atoms with Crippen molar-refractivity contribution in [1.82, 2.24) is 19.7 Å². The molecule has 5 nitrogen and oxygen atoms in total. The number of hydrogen-bond donors (Lipinski definition) is 0. The van der Waals surface area contributed by atoms with Crippen molar-refractivity contribution in [3.8, 4) is 5.69 Å². The zero-order chi connectivity index (χ0) is 15.9. The first kappa shape index (κ1) is 15.3. The largest absolute Gasteiger partial charge is 0.333 e. The molecule has 1 amide bonds. The Balaban J connectivity index is 2.08. The van der Waals surface area contributed by atoms with E-state index in [1.54, 1.807) is 23.7 Å². The summed E-state index contributed by atoms with van der Waals surface area (Å²) in [6.45, 7) is 4.16. The zero-order valence-corrected chi connectivity index (χ0v) is 13.9. The molecule has 7 heteroatoms. The van der Waals surface area contributed by atoms with Crippen LogP contribution in [-0.4, -0.2) is 32.1 Å². The monoisotopic (exact) mass is 338 g/mol. The Bertz CT molecular complexity index is 728. The molecule has 0 radical (unpaired) electrons. The fraction of sp³-hybridized carbons (Fsp3) is 0.400. The van der Waals surface area contributed by atoms with Gasteiger partial charge in [0.05, 0.1) is 16.8 Å². The molecule has 1 unspecified atom stereocenters. The number of halogens is 2. The number of carbonyl (C=O) groups excluding carboxylic acids is 1. The molecule has 2 aromatic rings. The molecule has 1 saturated heterocycles. The Hall–Kier alpha value is -1.59. The van der Waals surface area contributed by atoms with Crippen LogP contribution in [0.2, 0.25) is 10.0 Å². The average Bonchev–Trinajstić information content (AvgIpc) is 3.04.